The van der Waals surface area contributed by atoms with Crippen molar-refractivity contribution in [3.8, 4) is 5.75 Å². The van der Waals surface area contributed by atoms with Gasteiger partial charge in [-0.05, 0) is 36.6 Å². The van der Waals surface area contributed by atoms with Crippen LogP contribution in [0.1, 0.15) is 45.2 Å². The number of nitrogens with one attached hydrogen (secondary N) is 1. The number of thiazole rings is 1. The molecule has 0 radical (unpaired) electrons. The summed E-state index contributed by atoms with van der Waals surface area (Å²) in [6.07, 6.45) is 1.62. The van der Waals surface area contributed by atoms with E-state index in [0.29, 0.717) is 17.7 Å². The van der Waals surface area contributed by atoms with Crippen molar-refractivity contribution in [1.82, 2.24) is 10.3 Å². The second kappa shape index (κ2) is 10.0. The first-order valence-electron chi connectivity index (χ1n) is 9.74. The summed E-state index contributed by atoms with van der Waals surface area (Å²) in [5.41, 5.74) is 8.59. The van der Waals surface area contributed by atoms with Gasteiger partial charge in [-0.2, -0.15) is 0 Å². The Morgan fingerprint density at radius 2 is 1.90 bits per heavy atom. The lowest BCUT2D eigenvalue weighted by molar-refractivity contribution is -0.121. The number of hydrogen-bond donors (Lipinski definition) is 2. The molecule has 1 heterocycles. The summed E-state index contributed by atoms with van der Waals surface area (Å²) < 4.78 is 5.35. The Morgan fingerprint density at radius 1 is 1.17 bits per heavy atom. The maximum absolute atomic E-state index is 12.8. The van der Waals surface area contributed by atoms with E-state index in [4.69, 9.17) is 10.5 Å². The van der Waals surface area contributed by atoms with Crippen LogP contribution in [0.4, 0.5) is 0 Å². The smallest absolute Gasteiger partial charge is 0.248 e. The molecule has 0 aliphatic heterocycles. The highest BCUT2D eigenvalue weighted by Crippen LogP contribution is 2.24. The van der Waals surface area contributed by atoms with Crippen LogP contribution in [0.15, 0.2) is 53.9 Å². The predicted molar refractivity (Wildman–Crippen MR) is 118 cm³/mol. The Balaban J connectivity index is 1.78. The van der Waals surface area contributed by atoms with Crippen molar-refractivity contribution < 1.29 is 14.3 Å². The summed E-state index contributed by atoms with van der Waals surface area (Å²) in [6.45, 7) is 2.05. The molecule has 1 aromatic heterocycles. The second-order valence-electron chi connectivity index (χ2n) is 6.90. The fourth-order valence-corrected chi connectivity index (χ4v) is 4.11. The third-order valence-electron chi connectivity index (χ3n) is 4.79. The Kier molecular flexibility index (Phi) is 7.19. The molecule has 3 aromatic rings. The highest BCUT2D eigenvalue weighted by molar-refractivity contribution is 7.09. The van der Waals surface area contributed by atoms with Gasteiger partial charge in [0.2, 0.25) is 11.8 Å². The molecule has 2 aromatic carbocycles. The first kappa shape index (κ1) is 21.5. The minimum absolute atomic E-state index is 0.105. The number of aryl methyl sites for hydroxylation is 1. The molecule has 0 bridgehead atoms. The van der Waals surface area contributed by atoms with E-state index >= 15 is 0 Å². The van der Waals surface area contributed by atoms with Gasteiger partial charge in [0.05, 0.1) is 25.3 Å². The number of nitrogens with zero attached hydrogens (tertiary/aromatic N) is 1. The SMILES string of the molecule is CCc1csc(C(Cc2ccc(C(N)=O)cc2)NC(=O)Cc2ccccc2OC)n1. The maximum atomic E-state index is 12.8. The summed E-state index contributed by atoms with van der Waals surface area (Å²) in [6, 6.07) is 14.3. The molecule has 0 saturated heterocycles. The van der Waals surface area contributed by atoms with E-state index < -0.39 is 5.91 Å². The van der Waals surface area contributed by atoms with Crippen molar-refractivity contribution in [2.45, 2.75) is 32.2 Å². The highest BCUT2D eigenvalue weighted by atomic mass is 32.1. The van der Waals surface area contributed by atoms with Crippen LogP contribution in [0, 0.1) is 0 Å². The van der Waals surface area contributed by atoms with Crippen LogP contribution in [0.5, 0.6) is 5.75 Å². The molecule has 156 valence electrons. The number of nitrogens with two attached hydrogens (primary N) is 1. The zero-order valence-corrected chi connectivity index (χ0v) is 17.9. The molecule has 0 aliphatic rings. The Morgan fingerprint density at radius 3 is 2.53 bits per heavy atom. The van der Waals surface area contributed by atoms with Crippen LogP contribution in [-0.4, -0.2) is 23.9 Å². The Bertz CT molecular complexity index is 1010. The summed E-state index contributed by atoms with van der Waals surface area (Å²) in [5, 5.41) is 6.00. The van der Waals surface area contributed by atoms with E-state index in [0.717, 1.165) is 28.2 Å². The number of primary amides is 1. The fourth-order valence-electron chi connectivity index (χ4n) is 3.15. The lowest BCUT2D eigenvalue weighted by Crippen LogP contribution is -2.31. The largest absolute Gasteiger partial charge is 0.496 e. The van der Waals surface area contributed by atoms with Gasteiger partial charge in [0.15, 0.2) is 0 Å². The number of para-hydroxylation sites is 1. The molecule has 6 nitrogen and oxygen atoms in total. The molecule has 2 amide bonds. The highest BCUT2D eigenvalue weighted by Gasteiger charge is 2.20. The molecule has 0 fully saturated rings. The molecule has 3 rings (SSSR count). The second-order valence-corrected chi connectivity index (χ2v) is 7.79. The van der Waals surface area contributed by atoms with Gasteiger partial charge in [0.25, 0.3) is 0 Å². The summed E-state index contributed by atoms with van der Waals surface area (Å²) in [4.78, 5) is 28.8. The summed E-state index contributed by atoms with van der Waals surface area (Å²) >= 11 is 1.54. The molecule has 1 unspecified atom stereocenters. The number of hydrogen-bond acceptors (Lipinski definition) is 5. The Labute approximate surface area is 180 Å². The van der Waals surface area contributed by atoms with Crippen LogP contribution in [-0.2, 0) is 24.1 Å². The van der Waals surface area contributed by atoms with Gasteiger partial charge in [0, 0.05) is 16.5 Å². The maximum Gasteiger partial charge on any atom is 0.248 e. The van der Waals surface area contributed by atoms with E-state index in [9.17, 15) is 9.59 Å². The van der Waals surface area contributed by atoms with E-state index in [-0.39, 0.29) is 18.4 Å². The Hall–Kier alpha value is -3.19. The number of benzene rings is 2. The van der Waals surface area contributed by atoms with Crippen LogP contribution in [0.25, 0.3) is 0 Å². The molecule has 0 aliphatic carbocycles. The monoisotopic (exact) mass is 423 g/mol. The van der Waals surface area contributed by atoms with Crippen molar-refractivity contribution in [3.63, 3.8) is 0 Å². The lowest BCUT2D eigenvalue weighted by atomic mass is 10.0. The van der Waals surface area contributed by atoms with Crippen molar-refractivity contribution >= 4 is 23.2 Å². The number of rotatable bonds is 9. The van der Waals surface area contributed by atoms with Crippen molar-refractivity contribution in [1.29, 1.82) is 0 Å². The minimum Gasteiger partial charge on any atom is -0.496 e. The predicted octanol–water partition coefficient (Wildman–Crippen LogP) is 3.46. The third kappa shape index (κ3) is 5.45. The van der Waals surface area contributed by atoms with Crippen LogP contribution in [0.2, 0.25) is 0 Å². The van der Waals surface area contributed by atoms with Gasteiger partial charge in [-0.3, -0.25) is 9.59 Å². The molecular formula is C23H25N3O3S. The summed E-state index contributed by atoms with van der Waals surface area (Å²) in [5.74, 6) is 0.121. The quantitative estimate of drug-likeness (QED) is 0.551. The van der Waals surface area contributed by atoms with Gasteiger partial charge >= 0.3 is 0 Å². The summed E-state index contributed by atoms with van der Waals surface area (Å²) in [7, 11) is 1.59. The zero-order valence-electron chi connectivity index (χ0n) is 17.1. The third-order valence-corrected chi connectivity index (χ3v) is 5.79. The van der Waals surface area contributed by atoms with Gasteiger partial charge < -0.3 is 15.8 Å². The van der Waals surface area contributed by atoms with Crippen LogP contribution >= 0.6 is 11.3 Å². The standard InChI is InChI=1S/C23H25N3O3S/c1-3-18-14-30-23(25-18)19(12-15-8-10-16(11-9-15)22(24)28)26-21(27)13-17-6-4-5-7-20(17)29-2/h4-11,14,19H,3,12-13H2,1-2H3,(H2,24,28)(H,26,27). The lowest BCUT2D eigenvalue weighted by Gasteiger charge is -2.18. The molecule has 30 heavy (non-hydrogen) atoms. The van der Waals surface area contributed by atoms with E-state index in [1.54, 1.807) is 30.6 Å². The minimum atomic E-state index is -0.462. The van der Waals surface area contributed by atoms with Gasteiger partial charge in [-0.1, -0.05) is 37.3 Å². The topological polar surface area (TPSA) is 94.3 Å². The number of carbonyl (C=O) groups is 2. The average molecular weight is 424 g/mol. The van der Waals surface area contributed by atoms with Crippen LogP contribution in [0.3, 0.4) is 0 Å². The number of methoxy groups -OCH3 is 1. The van der Waals surface area contributed by atoms with Crippen molar-refractivity contribution in [2.24, 2.45) is 5.73 Å². The first-order valence-corrected chi connectivity index (χ1v) is 10.6. The van der Waals surface area contributed by atoms with Gasteiger partial charge in [0.1, 0.15) is 10.8 Å². The molecule has 0 spiro atoms. The average Bonchev–Trinajstić information content (AvgIpc) is 3.23. The first-order chi connectivity index (χ1) is 14.5. The van der Waals surface area contributed by atoms with Crippen molar-refractivity contribution in [2.75, 3.05) is 7.11 Å². The number of carbonyl (C=O) groups excluding carboxylic acids is 2. The normalized spacial score (nSPS) is 11.7. The van der Waals surface area contributed by atoms with Gasteiger partial charge in [-0.25, -0.2) is 4.98 Å². The fraction of sp³-hybridized carbons (Fsp3) is 0.261. The number of amides is 2. The van der Waals surface area contributed by atoms with Crippen molar-refractivity contribution in [3.05, 3.63) is 81.3 Å². The zero-order chi connectivity index (χ0) is 21.5. The van der Waals surface area contributed by atoms with E-state index in [1.807, 2.05) is 41.8 Å². The van der Waals surface area contributed by atoms with Gasteiger partial charge in [-0.15, -0.1) is 11.3 Å². The molecule has 3 N–H and O–H groups in total. The molecule has 1 atom stereocenters. The molecule has 0 saturated carbocycles. The van der Waals surface area contributed by atoms with E-state index in [1.165, 1.54) is 0 Å². The van der Waals surface area contributed by atoms with Crippen LogP contribution < -0.4 is 15.8 Å². The number of ether oxygens (including phenoxy) is 1. The number of aromatic nitrogens is 1. The molecular weight excluding hydrogens is 398 g/mol. The van der Waals surface area contributed by atoms with E-state index in [2.05, 4.69) is 17.2 Å². The molecule has 7 heteroatoms.